The minimum atomic E-state index is 0.0985. The van der Waals surface area contributed by atoms with Gasteiger partial charge in [-0.1, -0.05) is 27.7 Å². The Hall–Kier alpha value is -0.120. The summed E-state index contributed by atoms with van der Waals surface area (Å²) in [6, 6.07) is 0. The fourth-order valence-corrected chi connectivity index (χ4v) is 2.18. The van der Waals surface area contributed by atoms with Gasteiger partial charge in [0.05, 0.1) is 0 Å². The molecule has 0 fully saturated rings. The van der Waals surface area contributed by atoms with Crippen molar-refractivity contribution in [1.29, 1.82) is 0 Å². The van der Waals surface area contributed by atoms with Crippen molar-refractivity contribution in [1.82, 2.24) is 10.2 Å². The van der Waals surface area contributed by atoms with E-state index in [1.54, 1.807) is 0 Å². The molecule has 0 saturated heterocycles. The van der Waals surface area contributed by atoms with Gasteiger partial charge in [0.15, 0.2) is 0 Å². The number of hydrogen-bond acceptors (Lipinski definition) is 3. The molecule has 0 aliphatic carbocycles. The Morgan fingerprint density at radius 2 is 1.81 bits per heavy atom. The molecular weight excluding hydrogens is 198 g/mol. The van der Waals surface area contributed by atoms with Crippen molar-refractivity contribution in [3.05, 3.63) is 0 Å². The highest BCUT2D eigenvalue weighted by Gasteiger charge is 2.22. The second-order valence-electron chi connectivity index (χ2n) is 5.32. The summed E-state index contributed by atoms with van der Waals surface area (Å²) in [6.45, 7) is 16.3. The Labute approximate surface area is 102 Å². The van der Waals surface area contributed by atoms with Crippen LogP contribution in [0.5, 0.6) is 0 Å². The summed E-state index contributed by atoms with van der Waals surface area (Å²) < 4.78 is 0. The van der Waals surface area contributed by atoms with Gasteiger partial charge in [-0.05, 0) is 32.4 Å². The van der Waals surface area contributed by atoms with Crippen LogP contribution in [-0.2, 0) is 0 Å². The molecule has 98 valence electrons. The summed E-state index contributed by atoms with van der Waals surface area (Å²) in [5.74, 6) is 0.689. The first-order chi connectivity index (χ1) is 7.47. The molecule has 0 aromatic carbocycles. The van der Waals surface area contributed by atoms with Crippen LogP contribution in [0.4, 0.5) is 0 Å². The minimum Gasteiger partial charge on any atom is -0.329 e. The topological polar surface area (TPSA) is 41.3 Å². The molecule has 16 heavy (non-hydrogen) atoms. The molecule has 0 aromatic heterocycles. The lowest BCUT2D eigenvalue weighted by molar-refractivity contribution is 0.256. The van der Waals surface area contributed by atoms with Crippen molar-refractivity contribution in [2.45, 2.75) is 46.6 Å². The van der Waals surface area contributed by atoms with Crippen molar-refractivity contribution in [3.63, 3.8) is 0 Å². The molecule has 0 radical (unpaired) electrons. The van der Waals surface area contributed by atoms with Crippen molar-refractivity contribution in [2.24, 2.45) is 11.7 Å². The molecule has 0 aromatic rings. The summed E-state index contributed by atoms with van der Waals surface area (Å²) in [7, 11) is 0. The molecule has 3 nitrogen and oxygen atoms in total. The van der Waals surface area contributed by atoms with Gasteiger partial charge >= 0.3 is 0 Å². The lowest BCUT2D eigenvalue weighted by Crippen LogP contribution is -2.51. The van der Waals surface area contributed by atoms with Crippen LogP contribution in [0.2, 0.25) is 0 Å². The van der Waals surface area contributed by atoms with E-state index in [-0.39, 0.29) is 5.54 Å². The predicted octanol–water partition coefficient (Wildman–Crippen LogP) is 1.68. The first kappa shape index (κ1) is 15.9. The molecule has 0 spiro atoms. The summed E-state index contributed by atoms with van der Waals surface area (Å²) >= 11 is 0. The van der Waals surface area contributed by atoms with E-state index in [0.717, 1.165) is 32.6 Å². The molecule has 0 rings (SSSR count). The molecule has 0 aliphatic heterocycles. The quantitative estimate of drug-likeness (QED) is 0.632. The third kappa shape index (κ3) is 6.46. The van der Waals surface area contributed by atoms with Gasteiger partial charge in [0.1, 0.15) is 0 Å². The predicted molar refractivity (Wildman–Crippen MR) is 72.7 cm³/mol. The number of hydrogen-bond donors (Lipinski definition) is 2. The number of rotatable bonds is 9. The molecule has 0 aliphatic rings. The highest BCUT2D eigenvalue weighted by atomic mass is 15.1. The van der Waals surface area contributed by atoms with Crippen molar-refractivity contribution >= 4 is 0 Å². The summed E-state index contributed by atoms with van der Waals surface area (Å²) in [4.78, 5) is 2.43. The van der Waals surface area contributed by atoms with Crippen LogP contribution in [0.3, 0.4) is 0 Å². The van der Waals surface area contributed by atoms with Gasteiger partial charge in [-0.3, -0.25) is 0 Å². The molecule has 3 N–H and O–H groups in total. The van der Waals surface area contributed by atoms with E-state index in [0.29, 0.717) is 12.5 Å². The summed E-state index contributed by atoms with van der Waals surface area (Å²) in [5, 5.41) is 3.61. The zero-order chi connectivity index (χ0) is 12.6. The number of nitrogens with two attached hydrogens (primary N) is 1. The van der Waals surface area contributed by atoms with E-state index >= 15 is 0 Å². The zero-order valence-electron chi connectivity index (χ0n) is 11.8. The van der Waals surface area contributed by atoms with Gasteiger partial charge < -0.3 is 16.0 Å². The molecule has 1 unspecified atom stereocenters. The lowest BCUT2D eigenvalue weighted by atomic mass is 9.91. The van der Waals surface area contributed by atoms with Gasteiger partial charge in [0, 0.05) is 25.2 Å². The van der Waals surface area contributed by atoms with E-state index < -0.39 is 0 Å². The van der Waals surface area contributed by atoms with Crippen LogP contribution < -0.4 is 11.1 Å². The maximum atomic E-state index is 5.86. The first-order valence-corrected chi connectivity index (χ1v) is 6.64. The summed E-state index contributed by atoms with van der Waals surface area (Å²) in [6.07, 6.45) is 1.14. The Bertz CT molecular complexity index is 167. The maximum Gasteiger partial charge on any atom is 0.0278 e. The second kappa shape index (κ2) is 8.04. The highest BCUT2D eigenvalue weighted by molar-refractivity contribution is 4.85. The standard InChI is InChI=1S/C13H31N3/c1-6-16(7-2)9-8-15-13(5,11-14)10-12(3)4/h12,15H,6-11,14H2,1-5H3. The SMILES string of the molecule is CCN(CC)CCNC(C)(CN)CC(C)C. The maximum absolute atomic E-state index is 5.86. The zero-order valence-corrected chi connectivity index (χ0v) is 11.8. The fraction of sp³-hybridized carbons (Fsp3) is 1.00. The number of nitrogens with one attached hydrogen (secondary N) is 1. The highest BCUT2D eigenvalue weighted by Crippen LogP contribution is 2.14. The van der Waals surface area contributed by atoms with Crippen molar-refractivity contribution in [2.75, 3.05) is 32.7 Å². The average Bonchev–Trinajstić information content (AvgIpc) is 2.23. The Kier molecular flexibility index (Phi) is 7.98. The normalized spacial score (nSPS) is 15.8. The van der Waals surface area contributed by atoms with Gasteiger partial charge in [-0.25, -0.2) is 0 Å². The van der Waals surface area contributed by atoms with Crippen LogP contribution in [0, 0.1) is 5.92 Å². The number of likely N-dealkylation sites (N-methyl/N-ethyl adjacent to an activating group) is 1. The van der Waals surface area contributed by atoms with Gasteiger partial charge in [0.25, 0.3) is 0 Å². The van der Waals surface area contributed by atoms with Crippen LogP contribution >= 0.6 is 0 Å². The van der Waals surface area contributed by atoms with Gasteiger partial charge in [-0.2, -0.15) is 0 Å². The molecule has 0 bridgehead atoms. The van der Waals surface area contributed by atoms with Gasteiger partial charge in [0.2, 0.25) is 0 Å². The van der Waals surface area contributed by atoms with Crippen molar-refractivity contribution < 1.29 is 0 Å². The fourth-order valence-electron chi connectivity index (χ4n) is 2.18. The van der Waals surface area contributed by atoms with Crippen molar-refractivity contribution in [3.8, 4) is 0 Å². The third-order valence-corrected chi connectivity index (χ3v) is 3.18. The van der Waals surface area contributed by atoms with Crippen LogP contribution in [0.1, 0.15) is 41.0 Å². The van der Waals surface area contributed by atoms with E-state index in [1.165, 1.54) is 0 Å². The Morgan fingerprint density at radius 3 is 2.19 bits per heavy atom. The molecule has 0 heterocycles. The van der Waals surface area contributed by atoms with E-state index in [1.807, 2.05) is 0 Å². The summed E-state index contributed by atoms with van der Waals surface area (Å²) in [5.41, 5.74) is 5.96. The Balaban J connectivity index is 3.94. The molecule has 0 saturated carbocycles. The molecular formula is C13H31N3. The average molecular weight is 229 g/mol. The lowest BCUT2D eigenvalue weighted by Gasteiger charge is -2.32. The molecule has 1 atom stereocenters. The van der Waals surface area contributed by atoms with Crippen LogP contribution in [-0.4, -0.2) is 43.2 Å². The van der Waals surface area contributed by atoms with E-state index in [2.05, 4.69) is 44.8 Å². The molecule has 0 amide bonds. The number of nitrogens with zero attached hydrogens (tertiary/aromatic N) is 1. The van der Waals surface area contributed by atoms with Crippen LogP contribution in [0.15, 0.2) is 0 Å². The monoisotopic (exact) mass is 229 g/mol. The third-order valence-electron chi connectivity index (χ3n) is 3.18. The second-order valence-corrected chi connectivity index (χ2v) is 5.32. The largest absolute Gasteiger partial charge is 0.329 e. The smallest absolute Gasteiger partial charge is 0.0278 e. The Morgan fingerprint density at radius 1 is 1.25 bits per heavy atom. The van der Waals surface area contributed by atoms with E-state index in [4.69, 9.17) is 5.73 Å². The van der Waals surface area contributed by atoms with E-state index in [9.17, 15) is 0 Å². The molecule has 3 heteroatoms. The minimum absolute atomic E-state index is 0.0985. The van der Waals surface area contributed by atoms with Crippen LogP contribution in [0.25, 0.3) is 0 Å². The van der Waals surface area contributed by atoms with Gasteiger partial charge in [-0.15, -0.1) is 0 Å². The first-order valence-electron chi connectivity index (χ1n) is 6.64.